The van der Waals surface area contributed by atoms with Gasteiger partial charge in [-0.15, -0.1) is 13.2 Å². The van der Waals surface area contributed by atoms with E-state index in [0.29, 0.717) is 24.7 Å². The normalized spacial score (nSPS) is 19.1. The highest BCUT2D eigenvalue weighted by Gasteiger charge is 2.31. The molecule has 1 saturated heterocycles. The number of carbonyl (C=O) groups excluding carboxylic acids is 1. The molecule has 1 aromatic rings. The molecule has 0 bridgehead atoms. The summed E-state index contributed by atoms with van der Waals surface area (Å²) in [5, 5.41) is 2.73. The van der Waals surface area contributed by atoms with Crippen LogP contribution in [0.2, 0.25) is 0 Å². The monoisotopic (exact) mass is 347 g/mol. The van der Waals surface area contributed by atoms with Gasteiger partial charge in [-0.3, -0.25) is 4.79 Å². The first-order chi connectivity index (χ1) is 11.3. The second kappa shape index (κ2) is 8.34. The molecule has 1 heterocycles. The predicted molar refractivity (Wildman–Crippen MR) is 79.4 cm³/mol. The smallest absolute Gasteiger partial charge is 0.406 e. The lowest BCUT2D eigenvalue weighted by Crippen LogP contribution is -2.31. The Bertz CT molecular complexity index is 527. The minimum atomic E-state index is -4.72. The van der Waals surface area contributed by atoms with E-state index in [1.165, 1.54) is 24.3 Å². The molecule has 1 amide bonds. The summed E-state index contributed by atoms with van der Waals surface area (Å²) in [5.41, 5.74) is 0.669. The van der Waals surface area contributed by atoms with Crippen molar-refractivity contribution in [1.82, 2.24) is 5.32 Å². The number of alkyl halides is 3. The van der Waals surface area contributed by atoms with Crippen molar-refractivity contribution < 1.29 is 32.2 Å². The third-order valence-corrected chi connectivity index (χ3v) is 3.60. The van der Waals surface area contributed by atoms with Gasteiger partial charge < -0.3 is 19.5 Å². The fourth-order valence-corrected chi connectivity index (χ4v) is 2.36. The molecule has 1 N–H and O–H groups in total. The fraction of sp³-hybridized carbons (Fsp3) is 0.562. The van der Waals surface area contributed by atoms with Crippen molar-refractivity contribution in [3.05, 3.63) is 29.8 Å². The second-order valence-corrected chi connectivity index (χ2v) is 5.65. The molecule has 5 nitrogen and oxygen atoms in total. The average molecular weight is 347 g/mol. The molecule has 8 heteroatoms. The Balaban J connectivity index is 1.74. The molecule has 0 spiro atoms. The number of amides is 1. The maximum absolute atomic E-state index is 12.1. The third kappa shape index (κ3) is 6.37. The van der Waals surface area contributed by atoms with Gasteiger partial charge in [0.05, 0.1) is 19.3 Å². The Kier molecular flexibility index (Phi) is 6.44. The van der Waals surface area contributed by atoms with Crippen molar-refractivity contribution in [2.45, 2.75) is 25.7 Å². The van der Waals surface area contributed by atoms with Crippen molar-refractivity contribution in [3.63, 3.8) is 0 Å². The summed E-state index contributed by atoms with van der Waals surface area (Å²) in [6.07, 6.45) is -3.78. The highest BCUT2D eigenvalue weighted by Crippen LogP contribution is 2.24. The number of rotatable bonds is 7. The lowest BCUT2D eigenvalue weighted by molar-refractivity contribution is -0.274. The molecular formula is C16H20F3NO4. The Labute approximate surface area is 138 Å². The summed E-state index contributed by atoms with van der Waals surface area (Å²) in [6, 6.07) is 5.02. The molecule has 1 fully saturated rings. The van der Waals surface area contributed by atoms with Crippen molar-refractivity contribution in [2.24, 2.45) is 5.92 Å². The maximum atomic E-state index is 12.1. The number of carbonyl (C=O) groups is 1. The van der Waals surface area contributed by atoms with Gasteiger partial charge in [0.1, 0.15) is 12.4 Å². The fourth-order valence-electron chi connectivity index (χ4n) is 2.36. The van der Waals surface area contributed by atoms with Crippen LogP contribution in [0.4, 0.5) is 13.2 Å². The Morgan fingerprint density at radius 2 is 2.08 bits per heavy atom. The van der Waals surface area contributed by atoms with Crippen LogP contribution in [-0.4, -0.2) is 38.7 Å². The van der Waals surface area contributed by atoms with E-state index in [2.05, 4.69) is 10.1 Å². The number of halogens is 3. The minimum absolute atomic E-state index is 0.0594. The van der Waals surface area contributed by atoms with Crippen LogP contribution in [0.15, 0.2) is 24.3 Å². The van der Waals surface area contributed by atoms with Crippen molar-refractivity contribution in [2.75, 3.05) is 26.4 Å². The molecule has 1 aliphatic rings. The molecular weight excluding hydrogens is 327 g/mol. The Morgan fingerprint density at radius 3 is 2.67 bits per heavy atom. The van der Waals surface area contributed by atoms with Crippen LogP contribution in [0.5, 0.6) is 5.75 Å². The first-order valence-electron chi connectivity index (χ1n) is 7.64. The number of hydrogen-bond donors (Lipinski definition) is 1. The SMILES string of the molecule is C[C@@H](NC(=O)COC[C@H]1CCOC1)c1ccc(OC(F)(F)F)cc1. The van der Waals surface area contributed by atoms with Gasteiger partial charge in [-0.2, -0.15) is 0 Å². The van der Waals surface area contributed by atoms with Gasteiger partial charge in [0.15, 0.2) is 0 Å². The van der Waals surface area contributed by atoms with E-state index in [1.807, 2.05) is 0 Å². The number of nitrogens with one attached hydrogen (secondary N) is 1. The molecule has 1 aromatic carbocycles. The van der Waals surface area contributed by atoms with Gasteiger partial charge in [0, 0.05) is 12.5 Å². The number of hydrogen-bond acceptors (Lipinski definition) is 4. The molecule has 0 unspecified atom stereocenters. The summed E-state index contributed by atoms with van der Waals surface area (Å²) in [5.74, 6) is -0.250. The lowest BCUT2D eigenvalue weighted by Gasteiger charge is -2.16. The summed E-state index contributed by atoms with van der Waals surface area (Å²) in [7, 11) is 0. The largest absolute Gasteiger partial charge is 0.573 e. The highest BCUT2D eigenvalue weighted by atomic mass is 19.4. The summed E-state index contributed by atoms with van der Waals surface area (Å²) < 4.78 is 50.7. The topological polar surface area (TPSA) is 56.8 Å². The molecule has 24 heavy (non-hydrogen) atoms. The van der Waals surface area contributed by atoms with Crippen LogP contribution in [0.1, 0.15) is 24.9 Å². The van der Waals surface area contributed by atoms with Crippen LogP contribution in [0.25, 0.3) is 0 Å². The number of benzene rings is 1. The molecule has 0 aromatic heterocycles. The Hall–Kier alpha value is -1.80. The zero-order valence-corrected chi connectivity index (χ0v) is 13.3. The van der Waals surface area contributed by atoms with E-state index in [0.717, 1.165) is 13.0 Å². The van der Waals surface area contributed by atoms with E-state index < -0.39 is 6.36 Å². The molecule has 0 aliphatic carbocycles. The second-order valence-electron chi connectivity index (χ2n) is 5.65. The zero-order valence-electron chi connectivity index (χ0n) is 13.3. The van der Waals surface area contributed by atoms with E-state index in [4.69, 9.17) is 9.47 Å². The lowest BCUT2D eigenvalue weighted by atomic mass is 10.1. The molecule has 2 atom stereocenters. The van der Waals surface area contributed by atoms with Gasteiger partial charge in [0.25, 0.3) is 0 Å². The van der Waals surface area contributed by atoms with Gasteiger partial charge in [0.2, 0.25) is 5.91 Å². The van der Waals surface area contributed by atoms with Crippen LogP contribution in [0.3, 0.4) is 0 Å². The quantitative estimate of drug-likeness (QED) is 0.824. The molecule has 0 radical (unpaired) electrons. The van der Waals surface area contributed by atoms with Gasteiger partial charge >= 0.3 is 6.36 Å². The van der Waals surface area contributed by atoms with Crippen LogP contribution in [-0.2, 0) is 14.3 Å². The standard InChI is InChI=1S/C16H20F3NO4/c1-11(13-2-4-14(5-3-13)24-16(17,18)19)20-15(21)10-23-9-12-6-7-22-8-12/h2-5,11-12H,6-10H2,1H3,(H,20,21)/t11-,12+/m1/s1. The third-order valence-electron chi connectivity index (χ3n) is 3.60. The first-order valence-corrected chi connectivity index (χ1v) is 7.64. The first kappa shape index (κ1) is 18.5. The van der Waals surface area contributed by atoms with Crippen LogP contribution < -0.4 is 10.1 Å². The molecule has 0 saturated carbocycles. The van der Waals surface area contributed by atoms with E-state index >= 15 is 0 Å². The van der Waals surface area contributed by atoms with E-state index in [1.54, 1.807) is 6.92 Å². The molecule has 2 rings (SSSR count). The van der Waals surface area contributed by atoms with Crippen molar-refractivity contribution >= 4 is 5.91 Å². The van der Waals surface area contributed by atoms with Crippen molar-refractivity contribution in [3.8, 4) is 5.75 Å². The van der Waals surface area contributed by atoms with Crippen LogP contribution in [0, 0.1) is 5.92 Å². The maximum Gasteiger partial charge on any atom is 0.573 e. The highest BCUT2D eigenvalue weighted by molar-refractivity contribution is 5.77. The summed E-state index contributed by atoms with van der Waals surface area (Å²) in [6.45, 7) is 3.54. The van der Waals surface area contributed by atoms with Gasteiger partial charge in [-0.1, -0.05) is 12.1 Å². The van der Waals surface area contributed by atoms with Crippen LogP contribution >= 0.6 is 0 Å². The van der Waals surface area contributed by atoms with E-state index in [-0.39, 0.29) is 24.3 Å². The summed E-state index contributed by atoms with van der Waals surface area (Å²) >= 11 is 0. The molecule has 134 valence electrons. The zero-order chi connectivity index (χ0) is 17.6. The number of ether oxygens (including phenoxy) is 3. The summed E-state index contributed by atoms with van der Waals surface area (Å²) in [4.78, 5) is 11.8. The van der Waals surface area contributed by atoms with Gasteiger partial charge in [-0.05, 0) is 31.0 Å². The van der Waals surface area contributed by atoms with E-state index in [9.17, 15) is 18.0 Å². The predicted octanol–water partition coefficient (Wildman–Crippen LogP) is 2.82. The minimum Gasteiger partial charge on any atom is -0.406 e. The average Bonchev–Trinajstić information content (AvgIpc) is 2.99. The Morgan fingerprint density at radius 1 is 1.38 bits per heavy atom. The van der Waals surface area contributed by atoms with Gasteiger partial charge in [-0.25, -0.2) is 0 Å². The molecule has 1 aliphatic heterocycles. The van der Waals surface area contributed by atoms with Crippen molar-refractivity contribution in [1.29, 1.82) is 0 Å².